The molecule has 6 nitrogen and oxygen atoms in total. The zero-order chi connectivity index (χ0) is 20.1. The Balaban J connectivity index is 1.96. The average Bonchev–Trinajstić information content (AvgIpc) is 2.92. The lowest BCUT2D eigenvalue weighted by Crippen LogP contribution is -2.60. The highest BCUT2D eigenvalue weighted by molar-refractivity contribution is 5.75. The predicted octanol–water partition coefficient (Wildman–Crippen LogP) is 4.91. The third-order valence-electron chi connectivity index (χ3n) is 6.42. The maximum absolute atomic E-state index is 11.8. The van der Waals surface area contributed by atoms with Crippen molar-refractivity contribution in [3.8, 4) is 11.5 Å². The highest BCUT2D eigenvalue weighted by Crippen LogP contribution is 2.58. The Hall–Kier alpha value is -3.02. The molecule has 2 heterocycles. The van der Waals surface area contributed by atoms with Gasteiger partial charge in [-0.3, -0.25) is 10.1 Å². The molecule has 146 valence electrons. The van der Waals surface area contributed by atoms with Crippen LogP contribution in [0.2, 0.25) is 0 Å². The van der Waals surface area contributed by atoms with Crippen molar-refractivity contribution in [1.82, 2.24) is 0 Å². The average molecular weight is 380 g/mol. The molecule has 6 heteroatoms. The maximum Gasteiger partial charge on any atom is 0.315 e. The van der Waals surface area contributed by atoms with Crippen LogP contribution in [0.15, 0.2) is 42.5 Å². The van der Waals surface area contributed by atoms with Crippen molar-refractivity contribution in [1.29, 1.82) is 0 Å². The van der Waals surface area contributed by atoms with E-state index in [4.69, 9.17) is 9.47 Å². The minimum atomic E-state index is -0.827. The van der Waals surface area contributed by atoms with Gasteiger partial charge in [-0.25, -0.2) is 0 Å². The molecular formula is C22H24N2O4. The molecule has 0 aromatic heterocycles. The largest absolute Gasteiger partial charge is 0.496 e. The molecule has 0 radical (unpaired) electrons. The lowest BCUT2D eigenvalue weighted by atomic mass is 9.69. The highest BCUT2D eigenvalue weighted by atomic mass is 16.6. The topological polar surface area (TPSA) is 64.8 Å². The van der Waals surface area contributed by atoms with Crippen molar-refractivity contribution in [3.05, 3.63) is 63.7 Å². The van der Waals surface area contributed by atoms with E-state index >= 15 is 0 Å². The number of likely N-dealkylation sites (N-methyl/N-ethyl adjacent to an activating group) is 1. The lowest BCUT2D eigenvalue weighted by Gasteiger charge is -2.48. The molecule has 0 fully saturated rings. The van der Waals surface area contributed by atoms with Gasteiger partial charge < -0.3 is 14.4 Å². The number of para-hydroxylation sites is 1. The third-order valence-corrected chi connectivity index (χ3v) is 6.42. The summed E-state index contributed by atoms with van der Waals surface area (Å²) in [4.78, 5) is 13.5. The number of nitro benzene ring substituents is 1. The molecule has 0 N–H and O–H groups in total. The number of nitrogens with zero attached hydrogens (tertiary/aromatic N) is 2. The first-order valence-electron chi connectivity index (χ1n) is 9.52. The minimum absolute atomic E-state index is 0.0801. The van der Waals surface area contributed by atoms with Crippen LogP contribution in [0.1, 0.15) is 37.8 Å². The fourth-order valence-corrected chi connectivity index (χ4v) is 4.93. The van der Waals surface area contributed by atoms with E-state index in [1.807, 2.05) is 31.3 Å². The molecule has 0 aliphatic carbocycles. The zero-order valence-corrected chi connectivity index (χ0v) is 16.6. The molecule has 0 saturated carbocycles. The van der Waals surface area contributed by atoms with Crippen molar-refractivity contribution in [2.45, 2.75) is 37.8 Å². The van der Waals surface area contributed by atoms with E-state index in [-0.39, 0.29) is 11.1 Å². The monoisotopic (exact) mass is 380 g/mol. The quantitative estimate of drug-likeness (QED) is 0.557. The summed E-state index contributed by atoms with van der Waals surface area (Å²) in [6, 6.07) is 11.5. The Morgan fingerprint density at radius 3 is 2.57 bits per heavy atom. The number of hydrogen-bond acceptors (Lipinski definition) is 5. The van der Waals surface area contributed by atoms with Gasteiger partial charge in [-0.2, -0.15) is 0 Å². The van der Waals surface area contributed by atoms with Gasteiger partial charge in [0.05, 0.1) is 23.5 Å². The maximum atomic E-state index is 11.8. The molecule has 28 heavy (non-hydrogen) atoms. The van der Waals surface area contributed by atoms with E-state index in [9.17, 15) is 10.1 Å². The van der Waals surface area contributed by atoms with Crippen LogP contribution in [0, 0.1) is 10.1 Å². The summed E-state index contributed by atoms with van der Waals surface area (Å²) in [5.74, 6) is 0.731. The SMILES string of the molecule is CCC1(CC)c2ccccc2N(C)C12C=Cc1cc(OC)cc([N+](=O)[O-])c1O2. The van der Waals surface area contributed by atoms with Gasteiger partial charge in [-0.05, 0) is 42.7 Å². The minimum Gasteiger partial charge on any atom is -0.496 e. The molecule has 2 aromatic carbocycles. The second-order valence-electron chi connectivity index (χ2n) is 7.32. The van der Waals surface area contributed by atoms with Crippen LogP contribution in [0.25, 0.3) is 6.08 Å². The molecule has 1 unspecified atom stereocenters. The third kappa shape index (κ3) is 2.14. The lowest BCUT2D eigenvalue weighted by molar-refractivity contribution is -0.386. The first-order valence-corrected chi connectivity index (χ1v) is 9.52. The van der Waals surface area contributed by atoms with Crippen LogP contribution < -0.4 is 14.4 Å². The van der Waals surface area contributed by atoms with Crippen molar-refractivity contribution >= 4 is 17.5 Å². The molecule has 1 spiro atoms. The summed E-state index contributed by atoms with van der Waals surface area (Å²) in [5, 5.41) is 11.8. The molecule has 0 amide bonds. The predicted molar refractivity (Wildman–Crippen MR) is 109 cm³/mol. The summed E-state index contributed by atoms with van der Waals surface area (Å²) in [6.07, 6.45) is 5.66. The normalized spacial score (nSPS) is 21.2. The standard InChI is InChI=1S/C22H24N2O4/c1-5-21(6-2)17-9-7-8-10-18(17)23(3)22(21)12-11-15-13-16(27-4)14-19(24(25)26)20(15)28-22/h7-14H,5-6H2,1-4H3. The second-order valence-corrected chi connectivity index (χ2v) is 7.32. The van der Waals surface area contributed by atoms with Crippen LogP contribution in [-0.2, 0) is 5.41 Å². The zero-order valence-electron chi connectivity index (χ0n) is 16.6. The van der Waals surface area contributed by atoms with Crippen molar-refractivity contribution in [2.24, 2.45) is 0 Å². The van der Waals surface area contributed by atoms with E-state index in [0.29, 0.717) is 17.1 Å². The van der Waals surface area contributed by atoms with Gasteiger partial charge in [0.15, 0.2) is 0 Å². The number of rotatable bonds is 4. The number of hydrogen-bond donors (Lipinski definition) is 0. The van der Waals surface area contributed by atoms with Crippen LogP contribution >= 0.6 is 0 Å². The van der Waals surface area contributed by atoms with E-state index in [0.717, 1.165) is 18.5 Å². The van der Waals surface area contributed by atoms with Gasteiger partial charge in [0, 0.05) is 18.3 Å². The van der Waals surface area contributed by atoms with Gasteiger partial charge in [-0.1, -0.05) is 32.0 Å². The Kier molecular flexibility index (Phi) is 4.10. The first kappa shape index (κ1) is 18.3. The van der Waals surface area contributed by atoms with Crippen LogP contribution in [0.3, 0.4) is 0 Å². The molecule has 0 bridgehead atoms. The fourth-order valence-electron chi connectivity index (χ4n) is 4.93. The highest BCUT2D eigenvalue weighted by Gasteiger charge is 2.61. The van der Waals surface area contributed by atoms with Gasteiger partial charge >= 0.3 is 5.69 Å². The fraction of sp³-hybridized carbons (Fsp3) is 0.364. The summed E-state index contributed by atoms with van der Waals surface area (Å²) >= 11 is 0. The molecule has 2 aromatic rings. The van der Waals surface area contributed by atoms with Gasteiger partial charge in [0.25, 0.3) is 0 Å². The van der Waals surface area contributed by atoms with Gasteiger partial charge in [-0.15, -0.1) is 0 Å². The van der Waals surface area contributed by atoms with Crippen molar-refractivity contribution < 1.29 is 14.4 Å². The first-order chi connectivity index (χ1) is 13.4. The number of benzene rings is 2. The number of fused-ring (bicyclic) bond motifs is 2. The summed E-state index contributed by atoms with van der Waals surface area (Å²) in [5.41, 5.74) is 1.74. The smallest absolute Gasteiger partial charge is 0.315 e. The van der Waals surface area contributed by atoms with E-state index in [2.05, 4.69) is 30.9 Å². The molecule has 4 rings (SSSR count). The number of methoxy groups -OCH3 is 1. The van der Waals surface area contributed by atoms with Crippen molar-refractivity contribution in [3.63, 3.8) is 0 Å². The molecule has 2 aliphatic rings. The Bertz CT molecular complexity index is 980. The van der Waals surface area contributed by atoms with E-state index < -0.39 is 10.6 Å². The molecular weight excluding hydrogens is 356 g/mol. The number of nitro groups is 1. The van der Waals surface area contributed by atoms with Crippen molar-refractivity contribution in [2.75, 3.05) is 19.1 Å². The van der Waals surface area contributed by atoms with Crippen LogP contribution in [-0.4, -0.2) is 24.8 Å². The van der Waals surface area contributed by atoms with E-state index in [1.165, 1.54) is 18.7 Å². The Labute approximate surface area is 164 Å². The van der Waals surface area contributed by atoms with Crippen LogP contribution in [0.4, 0.5) is 11.4 Å². The van der Waals surface area contributed by atoms with E-state index in [1.54, 1.807) is 6.07 Å². The molecule has 0 saturated heterocycles. The Morgan fingerprint density at radius 1 is 1.21 bits per heavy atom. The summed E-state index contributed by atoms with van der Waals surface area (Å²) < 4.78 is 11.8. The molecule has 1 atom stereocenters. The second kappa shape index (κ2) is 6.26. The number of anilines is 1. The number of ether oxygens (including phenoxy) is 2. The van der Waals surface area contributed by atoms with Gasteiger partial charge in [0.2, 0.25) is 11.5 Å². The Morgan fingerprint density at radius 2 is 1.93 bits per heavy atom. The summed E-state index contributed by atoms with van der Waals surface area (Å²) in [6.45, 7) is 4.30. The molecule has 2 aliphatic heterocycles. The van der Waals surface area contributed by atoms with Crippen LogP contribution in [0.5, 0.6) is 11.5 Å². The summed E-state index contributed by atoms with van der Waals surface area (Å²) in [7, 11) is 3.50. The van der Waals surface area contributed by atoms with Gasteiger partial charge in [0.1, 0.15) is 5.75 Å².